The fourth-order valence-electron chi connectivity index (χ4n) is 10.6. The van der Waals surface area contributed by atoms with Crippen LogP contribution in [0.2, 0.25) is 37.3 Å². The van der Waals surface area contributed by atoms with Crippen LogP contribution in [0.25, 0.3) is 10.8 Å². The van der Waals surface area contributed by atoms with Gasteiger partial charge in [-0.1, -0.05) is 145 Å². The van der Waals surface area contributed by atoms with Crippen molar-refractivity contribution >= 4 is 43.0 Å². The van der Waals surface area contributed by atoms with Gasteiger partial charge in [0.1, 0.15) is 0 Å². The van der Waals surface area contributed by atoms with Crippen LogP contribution in [0.3, 0.4) is 0 Å². The van der Waals surface area contributed by atoms with Crippen LogP contribution < -0.4 is 0 Å². The molecule has 3 aliphatic rings. The summed E-state index contributed by atoms with van der Waals surface area (Å²) in [5, 5.41) is 2.96. The average molecular weight is 759 g/mol. The summed E-state index contributed by atoms with van der Waals surface area (Å²) in [6, 6.07) is 27.6. The first-order valence-electron chi connectivity index (χ1n) is 17.1. The molecule has 0 spiro atoms. The molecule has 8 atom stereocenters. The van der Waals surface area contributed by atoms with E-state index in [1.807, 2.05) is 0 Å². The van der Waals surface area contributed by atoms with Gasteiger partial charge in [0, 0.05) is 15.2 Å². The van der Waals surface area contributed by atoms with Gasteiger partial charge in [-0.25, -0.2) is 0 Å². The van der Waals surface area contributed by atoms with Crippen LogP contribution >= 0.6 is 17.0 Å². The topological polar surface area (TPSA) is 0 Å². The number of fused-ring (bicyclic) bond motifs is 2. The second-order valence-electron chi connectivity index (χ2n) is 15.6. The molecule has 3 aromatic rings. The zero-order chi connectivity index (χ0) is 30.8. The maximum absolute atomic E-state index is 4.93. The fraction of sp³-hybridized carbons (Fsp3) is 0.550. The van der Waals surface area contributed by atoms with Crippen LogP contribution in [0.15, 0.2) is 72.8 Å². The van der Waals surface area contributed by atoms with Crippen molar-refractivity contribution in [1.29, 1.82) is 0 Å². The molecule has 0 aromatic heterocycles. The molecular formula is C40H60Cl2Si2Zr. The summed E-state index contributed by atoms with van der Waals surface area (Å²) in [6.07, 6.45) is 11.8. The molecule has 6 rings (SSSR count). The summed E-state index contributed by atoms with van der Waals surface area (Å²) in [5.41, 5.74) is 5.29. The fourth-order valence-corrected chi connectivity index (χ4v) is 25.4. The van der Waals surface area contributed by atoms with Gasteiger partial charge in [-0.3, -0.25) is 0 Å². The van der Waals surface area contributed by atoms with E-state index in [1.54, 1.807) is 11.1 Å². The zero-order valence-corrected chi connectivity index (χ0v) is 35.4. The van der Waals surface area contributed by atoms with Crippen LogP contribution in [0.5, 0.6) is 0 Å². The predicted molar refractivity (Wildman–Crippen MR) is 205 cm³/mol. The molecular weight excluding hydrogens is 699 g/mol. The van der Waals surface area contributed by atoms with Gasteiger partial charge < -0.3 is 14.9 Å². The molecule has 0 heterocycles. The number of hydrogen-bond acceptors (Lipinski definition) is 0. The molecule has 0 nitrogen and oxygen atoms in total. The summed E-state index contributed by atoms with van der Waals surface area (Å²) in [7, 11) is 7.10. The quantitative estimate of drug-likeness (QED) is 0.166. The van der Waals surface area contributed by atoms with Crippen molar-refractivity contribution < 1.29 is 20.8 Å². The maximum atomic E-state index is 4.93. The van der Waals surface area contributed by atoms with Gasteiger partial charge in [-0.05, 0) is 87.8 Å². The first kappa shape index (κ1) is 39.3. The Morgan fingerprint density at radius 2 is 1.40 bits per heavy atom. The molecule has 3 aromatic carbocycles. The molecule has 0 aliphatic heterocycles. The number of benzene rings is 3. The Hall–Kier alpha value is -0.183. The van der Waals surface area contributed by atoms with E-state index in [0.29, 0.717) is 5.92 Å². The van der Waals surface area contributed by atoms with Crippen molar-refractivity contribution in [2.24, 2.45) is 23.7 Å². The molecule has 0 N–H and O–H groups in total. The Labute approximate surface area is 298 Å². The van der Waals surface area contributed by atoms with Gasteiger partial charge in [0.25, 0.3) is 0 Å². The van der Waals surface area contributed by atoms with Crippen LogP contribution in [0, 0.1) is 38.5 Å². The van der Waals surface area contributed by atoms with Crippen LogP contribution in [0.1, 0.15) is 88.2 Å². The third-order valence-electron chi connectivity index (χ3n) is 13.2. The molecule has 3 aliphatic carbocycles. The molecule has 246 valence electrons. The van der Waals surface area contributed by atoms with Gasteiger partial charge in [-0.2, -0.15) is 0 Å². The Kier molecular flexibility index (Phi) is 14.8. The van der Waals surface area contributed by atoms with Crippen molar-refractivity contribution in [2.45, 2.75) is 114 Å². The zero-order valence-electron chi connectivity index (χ0n) is 29.5. The predicted octanol–water partition coefficient (Wildman–Crippen LogP) is 13.9. The van der Waals surface area contributed by atoms with E-state index in [-0.39, 0.29) is 14.9 Å². The summed E-state index contributed by atoms with van der Waals surface area (Å²) >= 11 is -0.826. The van der Waals surface area contributed by atoms with Crippen LogP contribution in [0.4, 0.5) is 0 Å². The monoisotopic (exact) mass is 756 g/mol. The van der Waals surface area contributed by atoms with Gasteiger partial charge in [-0.15, -0.1) is 0 Å². The van der Waals surface area contributed by atoms with Crippen molar-refractivity contribution in [1.82, 2.24) is 0 Å². The van der Waals surface area contributed by atoms with Gasteiger partial charge in [0.05, 0.1) is 0 Å². The summed E-state index contributed by atoms with van der Waals surface area (Å²) < 4.78 is 0. The van der Waals surface area contributed by atoms with Crippen molar-refractivity contribution in [3.63, 3.8) is 0 Å². The normalized spacial score (nSPS) is 28.5. The number of rotatable bonds is 7. The minimum atomic E-state index is -1.41. The first-order chi connectivity index (χ1) is 20.6. The van der Waals surface area contributed by atoms with E-state index < -0.39 is 36.0 Å². The second-order valence-corrected chi connectivity index (χ2v) is 35.4. The Morgan fingerprint density at radius 3 is 2.11 bits per heavy atom. The summed E-state index contributed by atoms with van der Waals surface area (Å²) in [4.78, 5) is 0. The van der Waals surface area contributed by atoms with E-state index in [4.69, 9.17) is 17.0 Å². The van der Waals surface area contributed by atoms with Crippen LogP contribution in [-0.4, -0.2) is 15.2 Å². The number of halogens is 2. The molecule has 3 fully saturated rings. The molecule has 0 amide bonds. The molecule has 5 heteroatoms. The van der Waals surface area contributed by atoms with E-state index in [9.17, 15) is 0 Å². The Balaban J connectivity index is 0.00000106. The molecule has 8 unspecified atom stereocenters. The van der Waals surface area contributed by atoms with E-state index >= 15 is 0 Å². The van der Waals surface area contributed by atoms with E-state index in [2.05, 4.69) is 113 Å². The molecule has 0 saturated heterocycles. The van der Waals surface area contributed by atoms with Gasteiger partial charge >= 0.3 is 37.9 Å². The molecule has 45 heavy (non-hydrogen) atoms. The minimum absolute atomic E-state index is 0. The standard InChI is InChI=1S/C38H54Si2.2CH3.2ClH.Zr/c1-27(30-14-8-7-9-15-30)24-29-22-23-32(26-29)39(3,4)40(5,6)38-28(2)25-37-35(20-13-21-36(37)38)34-19-12-17-31-16-10-11-18-33(31)34;;;;;/h7-12,14-19,27-29,32,35-38H,13,20-26H2,1-6H3;2*1H3;2*1H;/q;2*-1;;;+4/p-2. The third kappa shape index (κ3) is 8.17. The Morgan fingerprint density at radius 1 is 0.756 bits per heavy atom. The number of hydrogen-bond donors (Lipinski definition) is 0. The molecule has 3 saturated carbocycles. The molecule has 0 radical (unpaired) electrons. The van der Waals surface area contributed by atoms with Gasteiger partial charge in [0.15, 0.2) is 0 Å². The van der Waals surface area contributed by atoms with Crippen molar-refractivity contribution in [2.75, 3.05) is 0 Å². The second kappa shape index (κ2) is 17.0. The van der Waals surface area contributed by atoms with Crippen molar-refractivity contribution in [3.05, 3.63) is 98.8 Å². The summed E-state index contributed by atoms with van der Waals surface area (Å²) in [6.45, 7) is 16.7. The molecule has 0 bridgehead atoms. The van der Waals surface area contributed by atoms with E-state index in [1.165, 1.54) is 62.1 Å². The third-order valence-corrected chi connectivity index (χ3v) is 33.9. The average Bonchev–Trinajstić information content (AvgIpc) is 3.62. The van der Waals surface area contributed by atoms with Gasteiger partial charge in [0.2, 0.25) is 0 Å². The van der Waals surface area contributed by atoms with E-state index in [0.717, 1.165) is 40.7 Å². The van der Waals surface area contributed by atoms with Crippen molar-refractivity contribution in [3.8, 4) is 0 Å². The first-order valence-corrected chi connectivity index (χ1v) is 30.6. The van der Waals surface area contributed by atoms with Crippen LogP contribution in [-0.2, 0) is 20.8 Å². The SMILES string of the molecule is CC(CC1CCC([Si](C)(C)[Si](C)(C)C2C(C)CC3C(c4cccc5ccccc45)CCCC32)C1)c1ccccc1.[CH3-].[CH3-].[Cl][Zr+2][Cl]. The summed E-state index contributed by atoms with van der Waals surface area (Å²) in [5.74, 6) is 5.19. The Bertz CT molecular complexity index is 1320.